The van der Waals surface area contributed by atoms with Gasteiger partial charge >= 0.3 is 0 Å². The van der Waals surface area contributed by atoms with Gasteiger partial charge in [0.2, 0.25) is 0 Å². The van der Waals surface area contributed by atoms with Crippen LogP contribution in [0, 0.1) is 0 Å². The molecule has 0 radical (unpaired) electrons. The van der Waals surface area contributed by atoms with Crippen molar-refractivity contribution in [2.45, 2.75) is 13.0 Å². The molecule has 72 valence electrons. The van der Waals surface area contributed by atoms with Gasteiger partial charge in [0.1, 0.15) is 17.6 Å². The average Bonchev–Trinajstić information content (AvgIpc) is 2.19. The van der Waals surface area contributed by atoms with Gasteiger partial charge in [-0.1, -0.05) is 15.9 Å². The van der Waals surface area contributed by atoms with E-state index >= 15 is 0 Å². The first-order chi connectivity index (χ1) is 6.26. The number of halogens is 1. The second kappa shape index (κ2) is 5.12. The van der Waals surface area contributed by atoms with Crippen LogP contribution in [0.1, 0.15) is 6.92 Å². The molecule has 1 atom stereocenters. The Balaban J connectivity index is 2.58. The molecule has 0 heterocycles. The van der Waals surface area contributed by atoms with E-state index < -0.39 is 0 Å². The molecule has 0 amide bonds. The number of ether oxygens (including phenoxy) is 2. The van der Waals surface area contributed by atoms with Gasteiger partial charge in [-0.25, -0.2) is 0 Å². The Morgan fingerprint density at radius 2 is 1.77 bits per heavy atom. The van der Waals surface area contributed by atoms with Crippen molar-refractivity contribution in [3.63, 3.8) is 0 Å². The van der Waals surface area contributed by atoms with Crippen LogP contribution < -0.4 is 9.47 Å². The minimum absolute atomic E-state index is 0.188. The molecule has 0 N–H and O–H groups in total. The summed E-state index contributed by atoms with van der Waals surface area (Å²) in [6.45, 7) is 2.01. The number of hydrogen-bond donors (Lipinski definition) is 0. The van der Waals surface area contributed by atoms with Crippen LogP contribution >= 0.6 is 15.9 Å². The van der Waals surface area contributed by atoms with E-state index in [1.807, 2.05) is 31.2 Å². The lowest BCUT2D eigenvalue weighted by molar-refractivity contribution is 0.248. The standard InChI is InChI=1S/C10H13BrO2/c1-8(7-11)13-10-5-3-9(12-2)4-6-10/h3-6,8H,7H2,1-2H3. The van der Waals surface area contributed by atoms with Crippen LogP contribution in [0.3, 0.4) is 0 Å². The maximum Gasteiger partial charge on any atom is 0.120 e. The fourth-order valence-electron chi connectivity index (χ4n) is 0.918. The monoisotopic (exact) mass is 244 g/mol. The quantitative estimate of drug-likeness (QED) is 0.759. The smallest absolute Gasteiger partial charge is 0.120 e. The molecular weight excluding hydrogens is 232 g/mol. The summed E-state index contributed by atoms with van der Waals surface area (Å²) >= 11 is 3.35. The van der Waals surface area contributed by atoms with E-state index in [4.69, 9.17) is 9.47 Å². The molecule has 0 fully saturated rings. The Morgan fingerprint density at radius 1 is 1.23 bits per heavy atom. The first-order valence-corrected chi connectivity index (χ1v) is 5.25. The molecule has 13 heavy (non-hydrogen) atoms. The molecule has 2 nitrogen and oxygen atoms in total. The Hall–Kier alpha value is -0.700. The fraction of sp³-hybridized carbons (Fsp3) is 0.400. The molecule has 0 aliphatic rings. The van der Waals surface area contributed by atoms with Crippen LogP contribution in [-0.4, -0.2) is 18.5 Å². The second-order valence-electron chi connectivity index (χ2n) is 2.76. The average molecular weight is 245 g/mol. The van der Waals surface area contributed by atoms with Crippen molar-refractivity contribution in [1.82, 2.24) is 0 Å². The summed E-state index contributed by atoms with van der Waals surface area (Å²) in [5.41, 5.74) is 0. The first kappa shape index (κ1) is 10.4. The lowest BCUT2D eigenvalue weighted by Gasteiger charge is -2.11. The second-order valence-corrected chi connectivity index (χ2v) is 3.41. The zero-order chi connectivity index (χ0) is 9.68. The maximum atomic E-state index is 5.56. The summed E-state index contributed by atoms with van der Waals surface area (Å²) in [4.78, 5) is 0. The minimum Gasteiger partial charge on any atom is -0.497 e. The van der Waals surface area contributed by atoms with Crippen molar-refractivity contribution in [3.8, 4) is 11.5 Å². The van der Waals surface area contributed by atoms with Gasteiger partial charge in [-0.3, -0.25) is 0 Å². The largest absolute Gasteiger partial charge is 0.497 e. The molecule has 0 aliphatic heterocycles. The SMILES string of the molecule is COc1ccc(OC(C)CBr)cc1. The van der Waals surface area contributed by atoms with E-state index in [-0.39, 0.29) is 6.10 Å². The van der Waals surface area contributed by atoms with Crippen LogP contribution in [-0.2, 0) is 0 Å². The van der Waals surface area contributed by atoms with E-state index in [1.165, 1.54) is 0 Å². The van der Waals surface area contributed by atoms with Crippen molar-refractivity contribution in [2.75, 3.05) is 12.4 Å². The zero-order valence-corrected chi connectivity index (χ0v) is 9.37. The Labute approximate surface area is 87.0 Å². The third kappa shape index (κ3) is 3.27. The highest BCUT2D eigenvalue weighted by atomic mass is 79.9. The van der Waals surface area contributed by atoms with Crippen molar-refractivity contribution in [3.05, 3.63) is 24.3 Å². The first-order valence-electron chi connectivity index (χ1n) is 4.13. The fourth-order valence-corrected chi connectivity index (χ4v) is 1.05. The zero-order valence-electron chi connectivity index (χ0n) is 7.79. The van der Waals surface area contributed by atoms with Gasteiger partial charge in [-0.2, -0.15) is 0 Å². The van der Waals surface area contributed by atoms with Gasteiger partial charge in [0.05, 0.1) is 7.11 Å². The molecule has 1 aromatic rings. The van der Waals surface area contributed by atoms with Crippen LogP contribution in [0.5, 0.6) is 11.5 Å². The molecule has 0 aromatic heterocycles. The predicted molar refractivity (Wildman–Crippen MR) is 56.9 cm³/mol. The summed E-state index contributed by atoms with van der Waals surface area (Å²) in [6, 6.07) is 7.57. The third-order valence-corrected chi connectivity index (χ3v) is 2.53. The Morgan fingerprint density at radius 3 is 2.23 bits per heavy atom. The van der Waals surface area contributed by atoms with Gasteiger partial charge in [0.25, 0.3) is 0 Å². The summed E-state index contributed by atoms with van der Waals surface area (Å²) < 4.78 is 10.6. The summed E-state index contributed by atoms with van der Waals surface area (Å²) in [5, 5.41) is 0.832. The Kier molecular flexibility index (Phi) is 4.09. The summed E-state index contributed by atoms with van der Waals surface area (Å²) in [7, 11) is 1.65. The van der Waals surface area contributed by atoms with Crippen molar-refractivity contribution < 1.29 is 9.47 Å². The summed E-state index contributed by atoms with van der Waals surface area (Å²) in [5.74, 6) is 1.71. The maximum absolute atomic E-state index is 5.56. The van der Waals surface area contributed by atoms with Crippen LogP contribution in [0.4, 0.5) is 0 Å². The van der Waals surface area contributed by atoms with Gasteiger partial charge < -0.3 is 9.47 Å². The third-order valence-electron chi connectivity index (χ3n) is 1.61. The summed E-state index contributed by atoms with van der Waals surface area (Å²) in [6.07, 6.45) is 0.188. The van der Waals surface area contributed by atoms with Crippen LogP contribution in [0.2, 0.25) is 0 Å². The molecule has 0 spiro atoms. The van der Waals surface area contributed by atoms with E-state index in [1.54, 1.807) is 7.11 Å². The molecule has 1 aromatic carbocycles. The minimum atomic E-state index is 0.188. The number of benzene rings is 1. The van der Waals surface area contributed by atoms with Gasteiger partial charge in [-0.15, -0.1) is 0 Å². The highest BCUT2D eigenvalue weighted by Gasteiger charge is 2.01. The van der Waals surface area contributed by atoms with Crippen LogP contribution in [0.15, 0.2) is 24.3 Å². The molecule has 0 saturated carbocycles. The van der Waals surface area contributed by atoms with Crippen molar-refractivity contribution in [1.29, 1.82) is 0 Å². The van der Waals surface area contributed by atoms with E-state index in [2.05, 4.69) is 15.9 Å². The number of hydrogen-bond acceptors (Lipinski definition) is 2. The number of rotatable bonds is 4. The highest BCUT2D eigenvalue weighted by Crippen LogP contribution is 2.18. The highest BCUT2D eigenvalue weighted by molar-refractivity contribution is 9.09. The number of alkyl halides is 1. The van der Waals surface area contributed by atoms with Gasteiger partial charge in [0, 0.05) is 5.33 Å². The molecule has 0 saturated heterocycles. The lowest BCUT2D eigenvalue weighted by Crippen LogP contribution is -2.12. The van der Waals surface area contributed by atoms with Crippen LogP contribution in [0.25, 0.3) is 0 Å². The van der Waals surface area contributed by atoms with E-state index in [0.29, 0.717) is 0 Å². The topological polar surface area (TPSA) is 18.5 Å². The van der Waals surface area contributed by atoms with Crippen molar-refractivity contribution >= 4 is 15.9 Å². The molecule has 3 heteroatoms. The van der Waals surface area contributed by atoms with Crippen molar-refractivity contribution in [2.24, 2.45) is 0 Å². The van der Waals surface area contributed by atoms with Gasteiger partial charge in [-0.05, 0) is 31.2 Å². The Bertz CT molecular complexity index is 246. The predicted octanol–water partition coefficient (Wildman–Crippen LogP) is 2.86. The molecule has 1 unspecified atom stereocenters. The molecule has 0 aliphatic carbocycles. The lowest BCUT2D eigenvalue weighted by atomic mass is 10.3. The molecular formula is C10H13BrO2. The number of methoxy groups -OCH3 is 1. The van der Waals surface area contributed by atoms with E-state index in [9.17, 15) is 0 Å². The normalized spacial score (nSPS) is 12.2. The van der Waals surface area contributed by atoms with E-state index in [0.717, 1.165) is 16.8 Å². The molecule has 0 bridgehead atoms. The molecule has 1 rings (SSSR count). The van der Waals surface area contributed by atoms with Gasteiger partial charge in [0.15, 0.2) is 0 Å².